The Morgan fingerprint density at radius 2 is 1.93 bits per heavy atom. The van der Waals surface area contributed by atoms with Crippen molar-refractivity contribution in [2.45, 2.75) is 6.54 Å². The highest BCUT2D eigenvalue weighted by Crippen LogP contribution is 2.12. The maximum absolute atomic E-state index is 10.1. The minimum Gasteiger partial charge on any atom is -0.512 e. The molecule has 0 aliphatic rings. The third kappa shape index (κ3) is 3.42. The van der Waals surface area contributed by atoms with Crippen LogP contribution in [0.4, 0.5) is 0 Å². The number of hydrogen-bond donors (Lipinski definition) is 2. The molecule has 74 valence electrons. The van der Waals surface area contributed by atoms with E-state index in [2.05, 4.69) is 4.65 Å². The van der Waals surface area contributed by atoms with Crippen molar-refractivity contribution < 1.29 is 19.6 Å². The normalized spacial score (nSPS) is 9.57. The van der Waals surface area contributed by atoms with Crippen molar-refractivity contribution in [1.29, 1.82) is 0 Å². The van der Waals surface area contributed by atoms with E-state index in [-0.39, 0.29) is 12.3 Å². The van der Waals surface area contributed by atoms with Gasteiger partial charge >= 0.3 is 7.32 Å². The summed E-state index contributed by atoms with van der Waals surface area (Å²) in [5.74, 6) is 0.243. The minimum atomic E-state index is -1.88. The number of nitro groups is 1. The molecule has 0 aromatic heterocycles. The number of benzene rings is 1. The fourth-order valence-electron chi connectivity index (χ4n) is 0.944. The first-order chi connectivity index (χ1) is 6.58. The lowest BCUT2D eigenvalue weighted by molar-refractivity contribution is -0.496. The van der Waals surface area contributed by atoms with Crippen molar-refractivity contribution in [3.05, 3.63) is 39.9 Å². The first-order valence-electron chi connectivity index (χ1n) is 3.81. The minimum absolute atomic E-state index is 0.243. The van der Waals surface area contributed by atoms with E-state index in [1.165, 1.54) is 24.3 Å². The first kappa shape index (κ1) is 10.5. The maximum Gasteiger partial charge on any atom is 0.707 e. The Kier molecular flexibility index (Phi) is 3.44. The monoisotopic (exact) mass is 197 g/mol. The van der Waals surface area contributed by atoms with Gasteiger partial charge < -0.3 is 14.7 Å². The molecule has 1 aromatic rings. The van der Waals surface area contributed by atoms with Crippen molar-refractivity contribution in [2.75, 3.05) is 0 Å². The highest BCUT2D eigenvalue weighted by Gasteiger charge is 2.11. The van der Waals surface area contributed by atoms with Crippen LogP contribution >= 0.6 is 0 Å². The Bertz CT molecular complexity index is 312. The average molecular weight is 197 g/mol. The summed E-state index contributed by atoms with van der Waals surface area (Å²) in [5.41, 5.74) is 0.523. The maximum atomic E-state index is 10.1. The topological polar surface area (TPSA) is 92.8 Å². The molecule has 0 bridgehead atoms. The number of nitrogens with zero attached hydrogens (tertiary/aromatic N) is 1. The van der Waals surface area contributed by atoms with Gasteiger partial charge in [-0.25, -0.2) is 0 Å². The van der Waals surface area contributed by atoms with Crippen LogP contribution in [0.5, 0.6) is 5.75 Å². The van der Waals surface area contributed by atoms with Gasteiger partial charge in [0.15, 0.2) is 0 Å². The van der Waals surface area contributed by atoms with E-state index in [4.69, 9.17) is 10.0 Å². The van der Waals surface area contributed by atoms with Crippen LogP contribution in [0, 0.1) is 10.1 Å². The fourth-order valence-corrected chi connectivity index (χ4v) is 0.944. The summed E-state index contributed by atoms with van der Waals surface area (Å²) in [6.45, 7) is -0.262. The smallest absolute Gasteiger partial charge is 0.512 e. The lowest BCUT2D eigenvalue weighted by Gasteiger charge is -2.03. The summed E-state index contributed by atoms with van der Waals surface area (Å²) in [6, 6.07) is 5.83. The molecule has 0 aliphatic carbocycles. The van der Waals surface area contributed by atoms with Crippen molar-refractivity contribution in [1.82, 2.24) is 0 Å². The molecule has 0 saturated heterocycles. The van der Waals surface area contributed by atoms with Gasteiger partial charge in [0.1, 0.15) is 5.75 Å². The highest BCUT2D eigenvalue weighted by molar-refractivity contribution is 6.33. The molecule has 0 aliphatic heterocycles. The Labute approximate surface area is 80.1 Å². The summed E-state index contributed by atoms with van der Waals surface area (Å²) >= 11 is 0. The van der Waals surface area contributed by atoms with E-state index < -0.39 is 12.2 Å². The second-order valence-corrected chi connectivity index (χ2v) is 2.58. The predicted octanol–water partition coefficient (Wildman–Crippen LogP) is -0.188. The van der Waals surface area contributed by atoms with Crippen LogP contribution < -0.4 is 4.65 Å². The average Bonchev–Trinajstić information content (AvgIpc) is 2.06. The standard InChI is InChI=1S/C7H8BNO5/c10-8(11)14-7-3-1-6(2-4-7)5-9(12)13/h1-4,10-11H,5H2. The largest absolute Gasteiger partial charge is 0.707 e. The molecule has 0 heterocycles. The third-order valence-electron chi connectivity index (χ3n) is 1.48. The van der Waals surface area contributed by atoms with Gasteiger partial charge in [0.2, 0.25) is 6.54 Å². The van der Waals surface area contributed by atoms with E-state index in [1.54, 1.807) is 0 Å². The quantitative estimate of drug-likeness (QED) is 0.396. The van der Waals surface area contributed by atoms with Gasteiger partial charge in [-0.1, -0.05) is 0 Å². The Balaban J connectivity index is 2.63. The van der Waals surface area contributed by atoms with Crippen molar-refractivity contribution in [3.63, 3.8) is 0 Å². The fraction of sp³-hybridized carbons (Fsp3) is 0.143. The zero-order valence-electron chi connectivity index (χ0n) is 7.16. The molecule has 0 fully saturated rings. The SMILES string of the molecule is O=[N+]([O-])Cc1ccc(OB(O)O)cc1. The lowest BCUT2D eigenvalue weighted by Crippen LogP contribution is -2.20. The summed E-state index contributed by atoms with van der Waals surface area (Å²) in [4.78, 5) is 9.68. The highest BCUT2D eigenvalue weighted by atomic mass is 16.6. The first-order valence-corrected chi connectivity index (χ1v) is 3.81. The molecule has 14 heavy (non-hydrogen) atoms. The molecule has 2 N–H and O–H groups in total. The Morgan fingerprint density at radius 1 is 1.36 bits per heavy atom. The van der Waals surface area contributed by atoms with Gasteiger partial charge in [0.25, 0.3) is 0 Å². The lowest BCUT2D eigenvalue weighted by atomic mass is 10.2. The molecular formula is C7H8BNO5. The second-order valence-electron chi connectivity index (χ2n) is 2.58. The molecule has 0 spiro atoms. The van der Waals surface area contributed by atoms with Gasteiger partial charge in [-0.3, -0.25) is 10.1 Å². The van der Waals surface area contributed by atoms with Gasteiger partial charge in [0.05, 0.1) is 0 Å². The molecule has 0 atom stereocenters. The zero-order valence-corrected chi connectivity index (χ0v) is 7.16. The van der Waals surface area contributed by atoms with Gasteiger partial charge in [0, 0.05) is 10.5 Å². The third-order valence-corrected chi connectivity index (χ3v) is 1.48. The van der Waals surface area contributed by atoms with E-state index in [0.29, 0.717) is 5.56 Å². The molecule has 6 nitrogen and oxygen atoms in total. The molecule has 7 heteroatoms. The van der Waals surface area contributed by atoms with Gasteiger partial charge in [-0.2, -0.15) is 0 Å². The predicted molar refractivity (Wildman–Crippen MR) is 48.0 cm³/mol. The van der Waals surface area contributed by atoms with Crippen LogP contribution in [0.25, 0.3) is 0 Å². The Morgan fingerprint density at radius 3 is 2.36 bits per heavy atom. The molecule has 0 radical (unpaired) electrons. The molecule has 0 saturated carbocycles. The van der Waals surface area contributed by atoms with Crippen molar-refractivity contribution >= 4 is 7.32 Å². The second kappa shape index (κ2) is 4.59. The molecule has 0 unspecified atom stereocenters. The van der Waals surface area contributed by atoms with E-state index in [9.17, 15) is 10.1 Å². The molecule has 1 aromatic carbocycles. The van der Waals surface area contributed by atoms with Crippen molar-refractivity contribution in [2.24, 2.45) is 0 Å². The summed E-state index contributed by atoms with van der Waals surface area (Å²) in [5, 5.41) is 27.0. The molecule has 0 amide bonds. The van der Waals surface area contributed by atoms with Crippen LogP contribution in [-0.2, 0) is 6.54 Å². The van der Waals surface area contributed by atoms with E-state index in [0.717, 1.165) is 0 Å². The summed E-state index contributed by atoms with van der Waals surface area (Å²) < 4.78 is 4.52. The molecule has 1 rings (SSSR count). The zero-order chi connectivity index (χ0) is 10.6. The molecular weight excluding hydrogens is 189 g/mol. The van der Waals surface area contributed by atoms with Crippen LogP contribution in [0.2, 0.25) is 0 Å². The Hall–Kier alpha value is -1.60. The van der Waals surface area contributed by atoms with E-state index >= 15 is 0 Å². The van der Waals surface area contributed by atoms with Gasteiger partial charge in [-0.05, 0) is 24.3 Å². The van der Waals surface area contributed by atoms with Crippen molar-refractivity contribution in [3.8, 4) is 5.75 Å². The summed E-state index contributed by atoms with van der Waals surface area (Å²) in [7, 11) is -1.88. The van der Waals surface area contributed by atoms with Gasteiger partial charge in [-0.15, -0.1) is 0 Å². The van der Waals surface area contributed by atoms with Crippen LogP contribution in [-0.4, -0.2) is 22.3 Å². The number of rotatable bonds is 4. The summed E-state index contributed by atoms with van der Waals surface area (Å²) in [6.07, 6.45) is 0. The van der Waals surface area contributed by atoms with Crippen LogP contribution in [0.1, 0.15) is 5.56 Å². The number of hydrogen-bond acceptors (Lipinski definition) is 5. The van der Waals surface area contributed by atoms with Crippen LogP contribution in [0.15, 0.2) is 24.3 Å². The van der Waals surface area contributed by atoms with Crippen LogP contribution in [0.3, 0.4) is 0 Å². The van der Waals surface area contributed by atoms with E-state index in [1.807, 2.05) is 0 Å².